The Balaban J connectivity index is 1.57. The molecule has 2 amide bonds. The predicted molar refractivity (Wildman–Crippen MR) is 127 cm³/mol. The predicted octanol–water partition coefficient (Wildman–Crippen LogP) is 4.53. The van der Waals surface area contributed by atoms with Crippen LogP contribution < -0.4 is 15.4 Å². The molecule has 0 spiro atoms. The number of hydrogen-bond acceptors (Lipinski definition) is 6. The van der Waals surface area contributed by atoms with Crippen molar-refractivity contribution >= 4 is 58.2 Å². The monoisotopic (exact) mass is 493 g/mol. The minimum atomic E-state index is -0.247. The molecule has 0 saturated heterocycles. The SMILES string of the molecule is CCn1c(CC(=O)Nc2ccc(OC)cc2)nnc1SCC(=O)Nc1ccc(Cl)cc1Cl. The Morgan fingerprint density at radius 1 is 1.06 bits per heavy atom. The summed E-state index contributed by atoms with van der Waals surface area (Å²) >= 11 is 13.2. The first-order valence-corrected chi connectivity index (χ1v) is 11.4. The number of hydrogen-bond donors (Lipinski definition) is 2. The molecule has 0 radical (unpaired) electrons. The van der Waals surface area contributed by atoms with Crippen LogP contribution in [0.3, 0.4) is 0 Å². The second kappa shape index (κ2) is 11.2. The van der Waals surface area contributed by atoms with Gasteiger partial charge in [-0.25, -0.2) is 0 Å². The number of ether oxygens (including phenoxy) is 1. The lowest BCUT2D eigenvalue weighted by atomic mass is 10.3. The topological polar surface area (TPSA) is 98.1 Å². The molecule has 0 aliphatic carbocycles. The van der Waals surface area contributed by atoms with Crippen LogP contribution in [0.2, 0.25) is 10.0 Å². The second-order valence-electron chi connectivity index (χ2n) is 6.56. The molecule has 168 valence electrons. The Bertz CT molecular complexity index is 1110. The molecule has 8 nitrogen and oxygen atoms in total. The molecule has 0 atom stereocenters. The largest absolute Gasteiger partial charge is 0.497 e. The van der Waals surface area contributed by atoms with Crippen molar-refractivity contribution in [3.8, 4) is 5.75 Å². The van der Waals surface area contributed by atoms with Crippen LogP contribution in [0.15, 0.2) is 47.6 Å². The van der Waals surface area contributed by atoms with Crippen molar-refractivity contribution in [3.63, 3.8) is 0 Å². The first kappa shape index (κ1) is 23.9. The highest BCUT2D eigenvalue weighted by Crippen LogP contribution is 2.26. The van der Waals surface area contributed by atoms with Crippen molar-refractivity contribution in [3.05, 3.63) is 58.3 Å². The van der Waals surface area contributed by atoms with Crippen LogP contribution >= 0.6 is 35.0 Å². The van der Waals surface area contributed by atoms with Gasteiger partial charge in [-0.2, -0.15) is 0 Å². The third-order valence-electron chi connectivity index (χ3n) is 4.34. The molecular weight excluding hydrogens is 473 g/mol. The number of halogens is 2. The fourth-order valence-corrected chi connectivity index (χ4v) is 4.08. The maximum absolute atomic E-state index is 12.4. The maximum atomic E-state index is 12.4. The van der Waals surface area contributed by atoms with E-state index in [0.717, 1.165) is 0 Å². The van der Waals surface area contributed by atoms with E-state index >= 15 is 0 Å². The summed E-state index contributed by atoms with van der Waals surface area (Å²) in [6, 6.07) is 11.9. The molecule has 2 N–H and O–H groups in total. The summed E-state index contributed by atoms with van der Waals surface area (Å²) in [4.78, 5) is 24.7. The molecular formula is C21H21Cl2N5O3S. The Hall–Kier alpha value is -2.75. The highest BCUT2D eigenvalue weighted by Gasteiger charge is 2.16. The normalized spacial score (nSPS) is 10.6. The van der Waals surface area contributed by atoms with Gasteiger partial charge in [-0.05, 0) is 49.4 Å². The molecule has 2 aromatic carbocycles. The number of methoxy groups -OCH3 is 1. The number of aromatic nitrogens is 3. The van der Waals surface area contributed by atoms with Gasteiger partial charge < -0.3 is 19.9 Å². The number of carbonyl (C=O) groups is 2. The number of thioether (sulfide) groups is 1. The van der Waals surface area contributed by atoms with Crippen LogP contribution in [0.1, 0.15) is 12.7 Å². The lowest BCUT2D eigenvalue weighted by Gasteiger charge is -2.09. The average molecular weight is 494 g/mol. The average Bonchev–Trinajstić information content (AvgIpc) is 3.16. The van der Waals surface area contributed by atoms with Crippen LogP contribution in [0, 0.1) is 0 Å². The molecule has 0 saturated carbocycles. The summed E-state index contributed by atoms with van der Waals surface area (Å²) < 4.78 is 6.92. The molecule has 3 rings (SSSR count). The van der Waals surface area contributed by atoms with E-state index in [9.17, 15) is 9.59 Å². The standard InChI is InChI=1S/C21H21Cl2N5O3S/c1-3-28-18(11-19(29)24-14-5-7-15(31-2)8-6-14)26-27-21(28)32-12-20(30)25-17-9-4-13(22)10-16(17)23/h4-10H,3,11-12H2,1-2H3,(H,24,29)(H,25,30). The number of nitrogens with zero attached hydrogens (tertiary/aromatic N) is 3. The van der Waals surface area contributed by atoms with Crippen molar-refractivity contribution in [2.45, 2.75) is 25.0 Å². The van der Waals surface area contributed by atoms with E-state index < -0.39 is 0 Å². The van der Waals surface area contributed by atoms with Crippen molar-refractivity contribution in [1.82, 2.24) is 14.8 Å². The van der Waals surface area contributed by atoms with Crippen LogP contribution in [-0.2, 0) is 22.6 Å². The van der Waals surface area contributed by atoms with Gasteiger partial charge in [-0.1, -0.05) is 35.0 Å². The van der Waals surface area contributed by atoms with Crippen molar-refractivity contribution in [1.29, 1.82) is 0 Å². The van der Waals surface area contributed by atoms with Crippen molar-refractivity contribution < 1.29 is 14.3 Å². The van der Waals surface area contributed by atoms with Crippen LogP contribution in [-0.4, -0.2) is 39.4 Å². The third-order valence-corrected chi connectivity index (χ3v) is 5.85. The van der Waals surface area contributed by atoms with E-state index in [1.54, 1.807) is 54.1 Å². The van der Waals surface area contributed by atoms with Gasteiger partial charge in [0.25, 0.3) is 0 Å². The molecule has 1 aromatic heterocycles. The van der Waals surface area contributed by atoms with Crippen molar-refractivity contribution in [2.75, 3.05) is 23.5 Å². The van der Waals surface area contributed by atoms with E-state index in [2.05, 4.69) is 20.8 Å². The lowest BCUT2D eigenvalue weighted by Crippen LogP contribution is -2.18. The molecule has 11 heteroatoms. The fourth-order valence-electron chi connectivity index (χ4n) is 2.80. The molecule has 0 bridgehead atoms. The van der Waals surface area contributed by atoms with E-state index in [1.165, 1.54) is 11.8 Å². The van der Waals surface area contributed by atoms with Gasteiger partial charge in [0.15, 0.2) is 5.16 Å². The minimum Gasteiger partial charge on any atom is -0.497 e. The zero-order valence-corrected chi connectivity index (χ0v) is 19.7. The lowest BCUT2D eigenvalue weighted by molar-refractivity contribution is -0.116. The van der Waals surface area contributed by atoms with Crippen LogP contribution in [0.4, 0.5) is 11.4 Å². The van der Waals surface area contributed by atoms with Gasteiger partial charge >= 0.3 is 0 Å². The van der Waals surface area contributed by atoms with Gasteiger partial charge in [0.2, 0.25) is 11.8 Å². The molecule has 0 aliphatic heterocycles. The summed E-state index contributed by atoms with van der Waals surface area (Å²) in [6.07, 6.45) is 0.0556. The molecule has 0 unspecified atom stereocenters. The first-order valence-electron chi connectivity index (χ1n) is 9.63. The fraction of sp³-hybridized carbons (Fsp3) is 0.238. The van der Waals surface area contributed by atoms with Crippen LogP contribution in [0.5, 0.6) is 5.75 Å². The highest BCUT2D eigenvalue weighted by atomic mass is 35.5. The highest BCUT2D eigenvalue weighted by molar-refractivity contribution is 7.99. The van der Waals surface area contributed by atoms with E-state index in [-0.39, 0.29) is 24.0 Å². The smallest absolute Gasteiger partial charge is 0.234 e. The van der Waals surface area contributed by atoms with E-state index in [4.69, 9.17) is 27.9 Å². The second-order valence-corrected chi connectivity index (χ2v) is 8.34. The first-order chi connectivity index (χ1) is 15.4. The van der Waals surface area contributed by atoms with Gasteiger partial charge in [0.05, 0.1) is 30.0 Å². The molecule has 32 heavy (non-hydrogen) atoms. The Kier molecular flexibility index (Phi) is 8.38. The Labute approximate surface area is 199 Å². The Morgan fingerprint density at radius 3 is 2.47 bits per heavy atom. The van der Waals surface area contributed by atoms with Gasteiger partial charge in [0, 0.05) is 17.3 Å². The summed E-state index contributed by atoms with van der Waals surface area (Å²) in [6.45, 7) is 2.48. The van der Waals surface area contributed by atoms with Gasteiger partial charge in [0.1, 0.15) is 11.6 Å². The van der Waals surface area contributed by atoms with E-state index in [0.29, 0.717) is 44.7 Å². The Morgan fingerprint density at radius 2 is 1.81 bits per heavy atom. The third kappa shape index (κ3) is 6.38. The van der Waals surface area contributed by atoms with Crippen LogP contribution in [0.25, 0.3) is 0 Å². The molecule has 0 aliphatic rings. The van der Waals surface area contributed by atoms with Gasteiger partial charge in [-0.15, -0.1) is 10.2 Å². The molecule has 1 heterocycles. The number of rotatable bonds is 9. The van der Waals surface area contributed by atoms with E-state index in [1.807, 2.05) is 6.92 Å². The summed E-state index contributed by atoms with van der Waals surface area (Å²) in [5.41, 5.74) is 1.14. The zero-order valence-electron chi connectivity index (χ0n) is 17.4. The number of nitrogens with one attached hydrogen (secondary N) is 2. The van der Waals surface area contributed by atoms with Gasteiger partial charge in [-0.3, -0.25) is 9.59 Å². The summed E-state index contributed by atoms with van der Waals surface area (Å²) in [7, 11) is 1.58. The summed E-state index contributed by atoms with van der Waals surface area (Å²) in [5, 5.41) is 15.2. The zero-order chi connectivity index (χ0) is 23.1. The number of anilines is 2. The molecule has 0 fully saturated rings. The summed E-state index contributed by atoms with van der Waals surface area (Å²) in [5.74, 6) is 0.863. The molecule has 3 aromatic rings. The van der Waals surface area contributed by atoms with Crippen molar-refractivity contribution in [2.24, 2.45) is 0 Å². The minimum absolute atomic E-state index is 0.0556. The quantitative estimate of drug-likeness (QED) is 0.425. The number of benzene rings is 2. The maximum Gasteiger partial charge on any atom is 0.234 e. The number of amides is 2. The number of carbonyl (C=O) groups excluding carboxylic acids is 2.